The molecular formula is C14H25N5O. The first-order chi connectivity index (χ1) is 9.70. The Hall–Kier alpha value is -1.56. The van der Waals surface area contributed by atoms with Crippen LogP contribution in [0.5, 0.6) is 0 Å². The van der Waals surface area contributed by atoms with Gasteiger partial charge in [-0.1, -0.05) is 5.16 Å². The number of hydrogen-bond donors (Lipinski definition) is 1. The Kier molecular flexibility index (Phi) is 5.40. The van der Waals surface area contributed by atoms with E-state index in [0.717, 1.165) is 24.7 Å². The van der Waals surface area contributed by atoms with Crippen LogP contribution >= 0.6 is 0 Å². The average Bonchev–Trinajstić information content (AvgIpc) is 3.06. The van der Waals surface area contributed by atoms with Gasteiger partial charge in [0.25, 0.3) is 0 Å². The summed E-state index contributed by atoms with van der Waals surface area (Å²) in [6, 6.07) is 2.45. The van der Waals surface area contributed by atoms with Crippen LogP contribution in [0.2, 0.25) is 0 Å². The van der Waals surface area contributed by atoms with Crippen molar-refractivity contribution >= 4 is 5.96 Å². The summed E-state index contributed by atoms with van der Waals surface area (Å²) in [5, 5.41) is 7.27. The lowest BCUT2D eigenvalue weighted by atomic mass is 10.2. The highest BCUT2D eigenvalue weighted by Crippen LogP contribution is 2.14. The lowest BCUT2D eigenvalue weighted by Gasteiger charge is -2.23. The Morgan fingerprint density at radius 3 is 3.10 bits per heavy atom. The van der Waals surface area contributed by atoms with Crippen LogP contribution in [0.1, 0.15) is 25.5 Å². The zero-order chi connectivity index (χ0) is 14.4. The van der Waals surface area contributed by atoms with Gasteiger partial charge in [-0.2, -0.15) is 0 Å². The SMILES string of the molecule is CCNC(=NCC1CCCN1C)N(C)Cc1ccon1. The molecule has 0 aliphatic carbocycles. The topological polar surface area (TPSA) is 56.9 Å². The predicted molar refractivity (Wildman–Crippen MR) is 79.6 cm³/mol. The van der Waals surface area contributed by atoms with E-state index in [-0.39, 0.29) is 0 Å². The number of guanidine groups is 1. The minimum Gasteiger partial charge on any atom is -0.364 e. The van der Waals surface area contributed by atoms with Crippen LogP contribution in [0, 0.1) is 0 Å². The fourth-order valence-electron chi connectivity index (χ4n) is 2.51. The molecule has 2 rings (SSSR count). The van der Waals surface area contributed by atoms with Crippen LogP contribution in [-0.4, -0.2) is 60.7 Å². The van der Waals surface area contributed by atoms with E-state index in [2.05, 4.69) is 34.2 Å². The van der Waals surface area contributed by atoms with Crippen molar-refractivity contribution in [2.24, 2.45) is 4.99 Å². The number of nitrogens with one attached hydrogen (secondary N) is 1. The molecule has 112 valence electrons. The van der Waals surface area contributed by atoms with Crippen molar-refractivity contribution in [1.29, 1.82) is 0 Å². The molecule has 6 heteroatoms. The van der Waals surface area contributed by atoms with E-state index >= 15 is 0 Å². The zero-order valence-electron chi connectivity index (χ0n) is 12.7. The van der Waals surface area contributed by atoms with Gasteiger partial charge in [0.2, 0.25) is 0 Å². The molecule has 1 N–H and O–H groups in total. The van der Waals surface area contributed by atoms with Gasteiger partial charge in [0.1, 0.15) is 12.0 Å². The van der Waals surface area contributed by atoms with Gasteiger partial charge in [0.15, 0.2) is 5.96 Å². The molecule has 1 aromatic heterocycles. The predicted octanol–water partition coefficient (Wildman–Crippen LogP) is 1.17. The fourth-order valence-corrected chi connectivity index (χ4v) is 2.51. The number of rotatable bonds is 5. The molecule has 6 nitrogen and oxygen atoms in total. The van der Waals surface area contributed by atoms with Gasteiger partial charge in [-0.3, -0.25) is 4.99 Å². The van der Waals surface area contributed by atoms with E-state index in [4.69, 9.17) is 9.52 Å². The molecule has 2 heterocycles. The van der Waals surface area contributed by atoms with Gasteiger partial charge in [-0.15, -0.1) is 0 Å². The molecular weight excluding hydrogens is 254 g/mol. The van der Waals surface area contributed by atoms with Crippen LogP contribution in [0.15, 0.2) is 21.8 Å². The summed E-state index contributed by atoms with van der Waals surface area (Å²) in [7, 11) is 4.20. The lowest BCUT2D eigenvalue weighted by molar-refractivity contribution is 0.315. The van der Waals surface area contributed by atoms with E-state index in [9.17, 15) is 0 Å². The Balaban J connectivity index is 1.94. The maximum Gasteiger partial charge on any atom is 0.194 e. The van der Waals surface area contributed by atoms with Crippen molar-refractivity contribution < 1.29 is 4.52 Å². The largest absolute Gasteiger partial charge is 0.364 e. The molecule has 1 aromatic rings. The number of aromatic nitrogens is 1. The van der Waals surface area contributed by atoms with Gasteiger partial charge < -0.3 is 19.6 Å². The molecule has 0 saturated carbocycles. The van der Waals surface area contributed by atoms with E-state index in [1.807, 2.05) is 13.1 Å². The van der Waals surface area contributed by atoms with E-state index < -0.39 is 0 Å². The van der Waals surface area contributed by atoms with Crippen LogP contribution < -0.4 is 5.32 Å². The first-order valence-corrected chi connectivity index (χ1v) is 7.29. The van der Waals surface area contributed by atoms with Crippen molar-refractivity contribution in [3.05, 3.63) is 18.0 Å². The van der Waals surface area contributed by atoms with Gasteiger partial charge in [0.05, 0.1) is 13.1 Å². The normalized spacial score (nSPS) is 20.4. The summed E-state index contributed by atoms with van der Waals surface area (Å²) in [4.78, 5) is 9.23. The quantitative estimate of drug-likeness (QED) is 0.647. The molecule has 1 saturated heterocycles. The molecule has 0 spiro atoms. The van der Waals surface area contributed by atoms with Crippen molar-refractivity contribution in [2.75, 3.05) is 33.7 Å². The van der Waals surface area contributed by atoms with E-state index in [1.54, 1.807) is 6.26 Å². The molecule has 0 aromatic carbocycles. The highest BCUT2D eigenvalue weighted by molar-refractivity contribution is 5.79. The highest BCUT2D eigenvalue weighted by Gasteiger charge is 2.20. The molecule has 0 bridgehead atoms. The van der Waals surface area contributed by atoms with Crippen LogP contribution in [0.3, 0.4) is 0 Å². The number of nitrogens with zero attached hydrogens (tertiary/aromatic N) is 4. The first kappa shape index (κ1) is 14.8. The first-order valence-electron chi connectivity index (χ1n) is 7.29. The Bertz CT molecular complexity index is 417. The van der Waals surface area contributed by atoms with Gasteiger partial charge in [-0.25, -0.2) is 0 Å². The summed E-state index contributed by atoms with van der Waals surface area (Å²) in [6.07, 6.45) is 4.12. The van der Waals surface area contributed by atoms with Gasteiger partial charge in [-0.05, 0) is 33.4 Å². The summed E-state index contributed by atoms with van der Waals surface area (Å²) in [5.74, 6) is 0.927. The van der Waals surface area contributed by atoms with Crippen molar-refractivity contribution in [2.45, 2.75) is 32.4 Å². The third kappa shape index (κ3) is 3.96. The second-order valence-electron chi connectivity index (χ2n) is 5.32. The summed E-state index contributed by atoms with van der Waals surface area (Å²) in [6.45, 7) is 5.68. The monoisotopic (exact) mass is 279 g/mol. The molecule has 0 radical (unpaired) electrons. The second-order valence-corrected chi connectivity index (χ2v) is 5.32. The minimum atomic E-state index is 0.573. The average molecular weight is 279 g/mol. The molecule has 1 fully saturated rings. The number of likely N-dealkylation sites (tertiary alicyclic amines) is 1. The maximum absolute atomic E-state index is 4.87. The third-order valence-corrected chi connectivity index (χ3v) is 3.71. The summed E-state index contributed by atoms with van der Waals surface area (Å²) in [5.41, 5.74) is 0.913. The number of likely N-dealkylation sites (N-methyl/N-ethyl adjacent to an activating group) is 1. The van der Waals surface area contributed by atoms with E-state index in [0.29, 0.717) is 12.6 Å². The summed E-state index contributed by atoms with van der Waals surface area (Å²) < 4.78 is 4.87. The van der Waals surface area contributed by atoms with Crippen molar-refractivity contribution in [3.8, 4) is 0 Å². The molecule has 1 aliphatic rings. The van der Waals surface area contributed by atoms with Crippen molar-refractivity contribution in [3.63, 3.8) is 0 Å². The zero-order valence-corrected chi connectivity index (χ0v) is 12.7. The highest BCUT2D eigenvalue weighted by atomic mass is 16.5. The van der Waals surface area contributed by atoms with Crippen LogP contribution in [0.25, 0.3) is 0 Å². The Morgan fingerprint density at radius 2 is 2.50 bits per heavy atom. The molecule has 20 heavy (non-hydrogen) atoms. The van der Waals surface area contributed by atoms with E-state index in [1.165, 1.54) is 19.4 Å². The van der Waals surface area contributed by atoms with Crippen LogP contribution in [0.4, 0.5) is 0 Å². The fraction of sp³-hybridized carbons (Fsp3) is 0.714. The maximum atomic E-state index is 4.87. The van der Waals surface area contributed by atoms with Gasteiger partial charge in [0, 0.05) is 25.7 Å². The molecule has 1 unspecified atom stereocenters. The third-order valence-electron chi connectivity index (χ3n) is 3.71. The second kappa shape index (κ2) is 7.28. The number of hydrogen-bond acceptors (Lipinski definition) is 4. The van der Waals surface area contributed by atoms with Crippen LogP contribution in [-0.2, 0) is 6.54 Å². The lowest BCUT2D eigenvalue weighted by Crippen LogP contribution is -2.39. The standard InChI is InChI=1S/C14H25N5O/c1-4-15-14(16-10-13-6-5-8-18(13)2)19(3)11-12-7-9-20-17-12/h7,9,13H,4-6,8,10-11H2,1-3H3,(H,15,16). The molecule has 1 aliphatic heterocycles. The Labute approximate surface area is 120 Å². The number of aliphatic imine (C=N–C) groups is 1. The molecule has 0 amide bonds. The van der Waals surface area contributed by atoms with Crippen molar-refractivity contribution in [1.82, 2.24) is 20.3 Å². The Morgan fingerprint density at radius 1 is 1.65 bits per heavy atom. The smallest absolute Gasteiger partial charge is 0.194 e. The minimum absolute atomic E-state index is 0.573. The summed E-state index contributed by atoms with van der Waals surface area (Å²) >= 11 is 0. The molecule has 1 atom stereocenters. The van der Waals surface area contributed by atoms with Gasteiger partial charge >= 0.3 is 0 Å².